The zero-order chi connectivity index (χ0) is 12.3. The van der Waals surface area contributed by atoms with Crippen LogP contribution in [0.15, 0.2) is 18.5 Å². The number of amides is 1. The molecule has 0 unspecified atom stereocenters. The molecule has 0 atom stereocenters. The number of nitrogens with zero attached hydrogens (tertiary/aromatic N) is 3. The largest absolute Gasteiger partial charge is 0.354 e. The molecule has 0 aliphatic heterocycles. The van der Waals surface area contributed by atoms with E-state index < -0.39 is 0 Å². The molecule has 2 aromatic rings. The summed E-state index contributed by atoms with van der Waals surface area (Å²) in [5.74, 6) is 0.822. The van der Waals surface area contributed by atoms with Crippen molar-refractivity contribution in [1.82, 2.24) is 25.5 Å². The van der Waals surface area contributed by atoms with Crippen molar-refractivity contribution in [2.45, 2.75) is 6.92 Å². The number of aromatic nitrogens is 4. The van der Waals surface area contributed by atoms with Crippen LogP contribution in [0.4, 0.5) is 11.6 Å². The van der Waals surface area contributed by atoms with E-state index in [1.807, 2.05) is 13.0 Å². The molecule has 17 heavy (non-hydrogen) atoms. The van der Waals surface area contributed by atoms with Gasteiger partial charge in [-0.05, 0) is 6.92 Å². The molecule has 0 bridgehead atoms. The quantitative estimate of drug-likeness (QED) is 0.720. The topological polar surface area (TPSA) is 95.6 Å². The van der Waals surface area contributed by atoms with E-state index in [1.165, 1.54) is 12.4 Å². The lowest BCUT2D eigenvalue weighted by Crippen LogP contribution is -2.19. The summed E-state index contributed by atoms with van der Waals surface area (Å²) in [5.41, 5.74) is 1.19. The van der Waals surface area contributed by atoms with Gasteiger partial charge in [0.2, 0.25) is 0 Å². The maximum Gasteiger partial charge on any atom is 0.271 e. The summed E-state index contributed by atoms with van der Waals surface area (Å²) in [7, 11) is 1.54. The van der Waals surface area contributed by atoms with Crippen LogP contribution in [0.25, 0.3) is 0 Å². The Morgan fingerprint density at radius 2 is 2.18 bits per heavy atom. The van der Waals surface area contributed by atoms with Crippen LogP contribution in [-0.2, 0) is 0 Å². The number of carbonyl (C=O) groups is 1. The van der Waals surface area contributed by atoms with E-state index in [1.54, 1.807) is 7.05 Å². The highest BCUT2D eigenvalue weighted by Gasteiger charge is 2.07. The second kappa shape index (κ2) is 4.60. The van der Waals surface area contributed by atoms with Crippen molar-refractivity contribution in [2.75, 3.05) is 12.4 Å². The lowest BCUT2D eigenvalue weighted by Gasteiger charge is -2.03. The van der Waals surface area contributed by atoms with E-state index in [0.717, 1.165) is 5.69 Å². The van der Waals surface area contributed by atoms with Crippen molar-refractivity contribution >= 4 is 17.5 Å². The van der Waals surface area contributed by atoms with E-state index >= 15 is 0 Å². The molecular weight excluding hydrogens is 220 g/mol. The average molecular weight is 232 g/mol. The molecule has 88 valence electrons. The molecule has 0 saturated carbocycles. The highest BCUT2D eigenvalue weighted by Crippen LogP contribution is 2.11. The Bertz CT molecular complexity index is 535. The van der Waals surface area contributed by atoms with Gasteiger partial charge in [0.05, 0.1) is 12.4 Å². The normalized spacial score (nSPS) is 10.0. The van der Waals surface area contributed by atoms with Crippen LogP contribution in [0, 0.1) is 6.92 Å². The van der Waals surface area contributed by atoms with Crippen molar-refractivity contribution in [1.29, 1.82) is 0 Å². The fourth-order valence-corrected chi connectivity index (χ4v) is 1.28. The standard InChI is InChI=1S/C10H12N6O/c1-6-3-8(16-15-6)14-9-5-12-4-7(13-9)10(17)11-2/h3-5H,1-2H3,(H,11,17)(H2,13,14,15,16). The first kappa shape index (κ1) is 11.1. The van der Waals surface area contributed by atoms with Crippen LogP contribution in [0.1, 0.15) is 16.2 Å². The SMILES string of the molecule is CNC(=O)c1cncc(Nc2cc(C)[nH]n2)n1. The molecule has 2 rings (SSSR count). The van der Waals surface area contributed by atoms with Crippen molar-refractivity contribution in [3.63, 3.8) is 0 Å². The molecule has 1 amide bonds. The van der Waals surface area contributed by atoms with Crippen LogP contribution in [0.2, 0.25) is 0 Å². The van der Waals surface area contributed by atoms with E-state index in [4.69, 9.17) is 0 Å². The van der Waals surface area contributed by atoms with E-state index in [-0.39, 0.29) is 11.6 Å². The van der Waals surface area contributed by atoms with Crippen molar-refractivity contribution < 1.29 is 4.79 Å². The van der Waals surface area contributed by atoms with Gasteiger partial charge < -0.3 is 10.6 Å². The number of hydrogen-bond donors (Lipinski definition) is 3. The first-order valence-corrected chi connectivity index (χ1v) is 5.02. The molecule has 7 heteroatoms. The lowest BCUT2D eigenvalue weighted by molar-refractivity contribution is 0.0958. The second-order valence-corrected chi connectivity index (χ2v) is 3.43. The highest BCUT2D eigenvalue weighted by atomic mass is 16.1. The lowest BCUT2D eigenvalue weighted by atomic mass is 10.4. The predicted octanol–water partition coefficient (Wildman–Crippen LogP) is 0.611. The molecular formula is C10H12N6O. The molecule has 2 aromatic heterocycles. The molecule has 3 N–H and O–H groups in total. The molecule has 0 aliphatic carbocycles. The zero-order valence-corrected chi connectivity index (χ0v) is 9.48. The summed E-state index contributed by atoms with van der Waals surface area (Å²) in [6.07, 6.45) is 2.93. The number of anilines is 2. The van der Waals surface area contributed by atoms with Gasteiger partial charge in [-0.25, -0.2) is 4.98 Å². The van der Waals surface area contributed by atoms with Crippen LogP contribution in [0.5, 0.6) is 0 Å². The van der Waals surface area contributed by atoms with E-state index in [2.05, 4.69) is 30.8 Å². The maximum absolute atomic E-state index is 11.4. The van der Waals surface area contributed by atoms with Gasteiger partial charge >= 0.3 is 0 Å². The van der Waals surface area contributed by atoms with Gasteiger partial charge in [-0.15, -0.1) is 0 Å². The molecule has 0 radical (unpaired) electrons. The summed E-state index contributed by atoms with van der Waals surface area (Å²) >= 11 is 0. The van der Waals surface area contributed by atoms with E-state index in [9.17, 15) is 4.79 Å². The Kier molecular flexibility index (Phi) is 2.99. The third-order valence-corrected chi connectivity index (χ3v) is 2.06. The van der Waals surface area contributed by atoms with Gasteiger partial charge in [-0.2, -0.15) is 5.10 Å². The van der Waals surface area contributed by atoms with Gasteiger partial charge in [0.15, 0.2) is 11.6 Å². The second-order valence-electron chi connectivity index (χ2n) is 3.43. The molecule has 2 heterocycles. The highest BCUT2D eigenvalue weighted by molar-refractivity contribution is 5.92. The Morgan fingerprint density at radius 1 is 1.35 bits per heavy atom. The van der Waals surface area contributed by atoms with Crippen LogP contribution >= 0.6 is 0 Å². The maximum atomic E-state index is 11.4. The minimum absolute atomic E-state index is 0.254. The fraction of sp³-hybridized carbons (Fsp3) is 0.200. The van der Waals surface area contributed by atoms with E-state index in [0.29, 0.717) is 11.6 Å². The minimum atomic E-state index is -0.278. The van der Waals surface area contributed by atoms with Crippen LogP contribution in [0.3, 0.4) is 0 Å². The fourth-order valence-electron chi connectivity index (χ4n) is 1.28. The van der Waals surface area contributed by atoms with Gasteiger partial charge in [-0.3, -0.25) is 14.9 Å². The van der Waals surface area contributed by atoms with Gasteiger partial charge in [0, 0.05) is 18.8 Å². The smallest absolute Gasteiger partial charge is 0.271 e. The first-order valence-electron chi connectivity index (χ1n) is 5.02. The van der Waals surface area contributed by atoms with Crippen molar-refractivity contribution in [2.24, 2.45) is 0 Å². The Labute approximate surface area is 97.7 Å². The Balaban J connectivity index is 2.19. The summed E-state index contributed by atoms with van der Waals surface area (Å²) in [4.78, 5) is 19.4. The molecule has 7 nitrogen and oxygen atoms in total. The van der Waals surface area contributed by atoms with Crippen LogP contribution < -0.4 is 10.6 Å². The third-order valence-electron chi connectivity index (χ3n) is 2.06. The molecule has 0 saturated heterocycles. The summed E-state index contributed by atoms with van der Waals surface area (Å²) in [5, 5.41) is 12.2. The average Bonchev–Trinajstić information content (AvgIpc) is 2.74. The zero-order valence-electron chi connectivity index (χ0n) is 9.48. The van der Waals surface area contributed by atoms with Gasteiger partial charge in [0.25, 0.3) is 5.91 Å². The molecule has 0 fully saturated rings. The summed E-state index contributed by atoms with van der Waals surface area (Å²) < 4.78 is 0. The number of rotatable bonds is 3. The number of aryl methyl sites for hydroxylation is 1. The number of hydrogen-bond acceptors (Lipinski definition) is 5. The third kappa shape index (κ3) is 2.57. The summed E-state index contributed by atoms with van der Waals surface area (Å²) in [6, 6.07) is 1.83. The Morgan fingerprint density at radius 3 is 2.82 bits per heavy atom. The van der Waals surface area contributed by atoms with Crippen molar-refractivity contribution in [3.05, 3.63) is 29.8 Å². The minimum Gasteiger partial charge on any atom is -0.354 e. The number of nitrogens with one attached hydrogen (secondary N) is 3. The molecule has 0 aliphatic rings. The number of H-pyrrole nitrogens is 1. The summed E-state index contributed by atoms with van der Waals surface area (Å²) in [6.45, 7) is 1.89. The number of carbonyl (C=O) groups excluding carboxylic acids is 1. The molecule has 0 aromatic carbocycles. The monoisotopic (exact) mass is 232 g/mol. The van der Waals surface area contributed by atoms with Gasteiger partial charge in [0.1, 0.15) is 5.69 Å². The van der Waals surface area contributed by atoms with Crippen LogP contribution in [-0.4, -0.2) is 33.1 Å². The van der Waals surface area contributed by atoms with Gasteiger partial charge in [-0.1, -0.05) is 0 Å². The van der Waals surface area contributed by atoms with Crippen molar-refractivity contribution in [3.8, 4) is 0 Å². The number of aromatic amines is 1. The first-order chi connectivity index (χ1) is 8.19. The molecule has 0 spiro atoms. The predicted molar refractivity (Wildman–Crippen MR) is 62.0 cm³/mol. The Hall–Kier alpha value is -2.44.